The van der Waals surface area contributed by atoms with E-state index in [1.807, 2.05) is 0 Å². The van der Waals surface area contributed by atoms with E-state index in [1.54, 1.807) is 0 Å². The zero-order valence-corrected chi connectivity index (χ0v) is 9.96. The van der Waals surface area contributed by atoms with E-state index in [2.05, 4.69) is 19.2 Å². The van der Waals surface area contributed by atoms with Crippen molar-refractivity contribution in [3.8, 4) is 0 Å². The third-order valence-electron chi connectivity index (χ3n) is 3.52. The minimum atomic E-state index is -0.250. The Hall–Kier alpha value is -0.570. The molecule has 1 fully saturated rings. The first kappa shape index (κ1) is 12.5. The van der Waals surface area contributed by atoms with Crippen molar-refractivity contribution in [3.63, 3.8) is 0 Å². The Kier molecular flexibility index (Phi) is 5.09. The Bertz CT molecular complexity index is 204. The molecule has 0 heterocycles. The maximum atomic E-state index is 10.7. The van der Waals surface area contributed by atoms with E-state index in [9.17, 15) is 4.79 Å². The lowest BCUT2D eigenvalue weighted by molar-refractivity contribution is -0.117. The van der Waals surface area contributed by atoms with Crippen LogP contribution in [0, 0.1) is 11.8 Å². The van der Waals surface area contributed by atoms with Crippen LogP contribution in [-0.2, 0) is 4.79 Å². The van der Waals surface area contributed by atoms with E-state index in [0.717, 1.165) is 11.8 Å². The molecule has 1 aliphatic carbocycles. The van der Waals surface area contributed by atoms with Crippen molar-refractivity contribution in [3.05, 3.63) is 0 Å². The summed E-state index contributed by atoms with van der Waals surface area (Å²) >= 11 is 0. The SMILES string of the molecule is CC(C)C1CCCC(NCC(N)=O)CC1. The third-order valence-corrected chi connectivity index (χ3v) is 3.52. The first-order valence-electron chi connectivity index (χ1n) is 6.11. The second-order valence-corrected chi connectivity index (χ2v) is 5.06. The molecule has 0 aliphatic heterocycles. The molecular formula is C12H24N2O. The number of nitrogens with two attached hydrogens (primary N) is 1. The van der Waals surface area contributed by atoms with Gasteiger partial charge in [0.15, 0.2) is 0 Å². The Balaban J connectivity index is 2.29. The van der Waals surface area contributed by atoms with Crippen molar-refractivity contribution in [2.24, 2.45) is 17.6 Å². The number of hydrogen-bond acceptors (Lipinski definition) is 2. The summed E-state index contributed by atoms with van der Waals surface area (Å²) in [6.45, 7) is 4.95. The quantitative estimate of drug-likeness (QED) is 0.696. The van der Waals surface area contributed by atoms with Crippen molar-refractivity contribution >= 4 is 5.91 Å². The van der Waals surface area contributed by atoms with Gasteiger partial charge in [-0.2, -0.15) is 0 Å². The van der Waals surface area contributed by atoms with Crippen LogP contribution in [0.4, 0.5) is 0 Å². The summed E-state index contributed by atoms with van der Waals surface area (Å²) < 4.78 is 0. The van der Waals surface area contributed by atoms with Crippen LogP contribution in [0.3, 0.4) is 0 Å². The summed E-state index contributed by atoms with van der Waals surface area (Å²) in [5, 5.41) is 3.25. The Morgan fingerprint density at radius 1 is 1.33 bits per heavy atom. The van der Waals surface area contributed by atoms with Gasteiger partial charge in [-0.25, -0.2) is 0 Å². The molecule has 0 aromatic heterocycles. The van der Waals surface area contributed by atoms with Crippen LogP contribution < -0.4 is 11.1 Å². The number of rotatable bonds is 4. The Morgan fingerprint density at radius 2 is 2.07 bits per heavy atom. The van der Waals surface area contributed by atoms with Crippen molar-refractivity contribution in [2.45, 2.75) is 52.0 Å². The molecule has 0 radical (unpaired) electrons. The van der Waals surface area contributed by atoms with Gasteiger partial charge in [-0.1, -0.05) is 26.7 Å². The van der Waals surface area contributed by atoms with Gasteiger partial charge in [0.25, 0.3) is 0 Å². The van der Waals surface area contributed by atoms with Crippen molar-refractivity contribution < 1.29 is 4.79 Å². The van der Waals surface area contributed by atoms with Gasteiger partial charge >= 0.3 is 0 Å². The zero-order valence-electron chi connectivity index (χ0n) is 9.96. The monoisotopic (exact) mass is 212 g/mol. The van der Waals surface area contributed by atoms with E-state index in [1.165, 1.54) is 32.1 Å². The second kappa shape index (κ2) is 6.11. The molecule has 2 atom stereocenters. The van der Waals surface area contributed by atoms with Crippen LogP contribution in [0.2, 0.25) is 0 Å². The van der Waals surface area contributed by atoms with E-state index < -0.39 is 0 Å². The highest BCUT2D eigenvalue weighted by atomic mass is 16.1. The molecule has 1 aliphatic rings. The standard InChI is InChI=1S/C12H24N2O/c1-9(2)10-4-3-5-11(7-6-10)14-8-12(13)15/h9-11,14H,3-8H2,1-2H3,(H2,13,15). The van der Waals surface area contributed by atoms with Crippen LogP contribution in [0.5, 0.6) is 0 Å². The summed E-state index contributed by atoms with van der Waals surface area (Å²) in [5.74, 6) is 1.41. The fourth-order valence-corrected chi connectivity index (χ4v) is 2.45. The van der Waals surface area contributed by atoms with E-state index in [4.69, 9.17) is 5.73 Å². The maximum Gasteiger partial charge on any atom is 0.231 e. The highest BCUT2D eigenvalue weighted by molar-refractivity contribution is 5.75. The highest BCUT2D eigenvalue weighted by Crippen LogP contribution is 2.28. The third kappa shape index (κ3) is 4.65. The van der Waals surface area contributed by atoms with Crippen LogP contribution in [0.1, 0.15) is 46.0 Å². The first-order valence-corrected chi connectivity index (χ1v) is 6.11. The smallest absolute Gasteiger partial charge is 0.231 e. The molecular weight excluding hydrogens is 188 g/mol. The topological polar surface area (TPSA) is 55.1 Å². The average Bonchev–Trinajstić information content (AvgIpc) is 2.39. The van der Waals surface area contributed by atoms with E-state index in [0.29, 0.717) is 12.6 Å². The molecule has 0 saturated heterocycles. The van der Waals surface area contributed by atoms with Crippen LogP contribution in [0.25, 0.3) is 0 Å². The van der Waals surface area contributed by atoms with Crippen LogP contribution in [-0.4, -0.2) is 18.5 Å². The van der Waals surface area contributed by atoms with Gasteiger partial charge in [0.1, 0.15) is 0 Å². The molecule has 15 heavy (non-hydrogen) atoms. The first-order chi connectivity index (χ1) is 7.09. The molecule has 2 unspecified atom stereocenters. The maximum absolute atomic E-state index is 10.7. The number of carbonyl (C=O) groups excluding carboxylic acids is 1. The van der Waals surface area contributed by atoms with Gasteiger partial charge < -0.3 is 11.1 Å². The molecule has 1 amide bonds. The van der Waals surface area contributed by atoms with Gasteiger partial charge in [-0.05, 0) is 31.1 Å². The summed E-state index contributed by atoms with van der Waals surface area (Å²) in [6, 6.07) is 0.501. The summed E-state index contributed by atoms with van der Waals surface area (Å²) in [4.78, 5) is 10.7. The summed E-state index contributed by atoms with van der Waals surface area (Å²) in [7, 11) is 0. The number of amides is 1. The van der Waals surface area contributed by atoms with E-state index >= 15 is 0 Å². The number of hydrogen-bond donors (Lipinski definition) is 2. The molecule has 88 valence electrons. The predicted octanol–water partition coefficient (Wildman–Crippen LogP) is 1.67. The van der Waals surface area contributed by atoms with Gasteiger partial charge in [-0.3, -0.25) is 4.79 Å². The molecule has 3 heteroatoms. The van der Waals surface area contributed by atoms with Crippen molar-refractivity contribution in [2.75, 3.05) is 6.54 Å². The Labute approximate surface area is 92.8 Å². The molecule has 3 N–H and O–H groups in total. The largest absolute Gasteiger partial charge is 0.369 e. The molecule has 0 aromatic rings. The van der Waals surface area contributed by atoms with Gasteiger partial charge in [0.2, 0.25) is 5.91 Å². The minimum Gasteiger partial charge on any atom is -0.369 e. The summed E-state index contributed by atoms with van der Waals surface area (Å²) in [5.41, 5.74) is 5.12. The fourth-order valence-electron chi connectivity index (χ4n) is 2.45. The molecule has 1 saturated carbocycles. The zero-order chi connectivity index (χ0) is 11.3. The average molecular weight is 212 g/mol. The minimum absolute atomic E-state index is 0.250. The Morgan fingerprint density at radius 3 is 2.67 bits per heavy atom. The fraction of sp³-hybridized carbons (Fsp3) is 0.917. The molecule has 1 rings (SSSR count). The molecule has 0 aromatic carbocycles. The normalized spacial score (nSPS) is 27.7. The lowest BCUT2D eigenvalue weighted by atomic mass is 9.89. The van der Waals surface area contributed by atoms with Crippen LogP contribution in [0.15, 0.2) is 0 Å². The second-order valence-electron chi connectivity index (χ2n) is 5.06. The molecule has 0 bridgehead atoms. The predicted molar refractivity (Wildman–Crippen MR) is 62.4 cm³/mol. The van der Waals surface area contributed by atoms with Gasteiger partial charge in [0, 0.05) is 6.04 Å². The summed E-state index contributed by atoms with van der Waals surface area (Å²) in [6.07, 6.45) is 6.28. The lowest BCUT2D eigenvalue weighted by Gasteiger charge is -2.18. The van der Waals surface area contributed by atoms with Crippen LogP contribution >= 0.6 is 0 Å². The van der Waals surface area contributed by atoms with Crippen molar-refractivity contribution in [1.29, 1.82) is 0 Å². The molecule has 0 spiro atoms. The molecule has 3 nitrogen and oxygen atoms in total. The highest BCUT2D eigenvalue weighted by Gasteiger charge is 2.20. The van der Waals surface area contributed by atoms with Gasteiger partial charge in [-0.15, -0.1) is 0 Å². The number of primary amides is 1. The van der Waals surface area contributed by atoms with E-state index in [-0.39, 0.29) is 5.91 Å². The van der Waals surface area contributed by atoms with Gasteiger partial charge in [0.05, 0.1) is 6.54 Å². The number of nitrogens with one attached hydrogen (secondary N) is 1. The lowest BCUT2D eigenvalue weighted by Crippen LogP contribution is -2.36. The van der Waals surface area contributed by atoms with Crippen molar-refractivity contribution in [1.82, 2.24) is 5.32 Å². The number of carbonyl (C=O) groups is 1.